The summed E-state index contributed by atoms with van der Waals surface area (Å²) in [5, 5.41) is 2.98. The van der Waals surface area contributed by atoms with Crippen molar-refractivity contribution < 1.29 is 13.2 Å². The molecular weight excluding hydrogens is 312 g/mol. The van der Waals surface area contributed by atoms with Crippen molar-refractivity contribution in [2.75, 3.05) is 19.3 Å². The number of carbonyl (C=O) groups is 1. The van der Waals surface area contributed by atoms with E-state index in [9.17, 15) is 13.2 Å². The Labute approximate surface area is 139 Å². The fourth-order valence-corrected chi connectivity index (χ4v) is 4.18. The lowest BCUT2D eigenvalue weighted by Gasteiger charge is -2.30. The standard InChI is InChI=1S/C17H26N2O3S/c1-12-8-13(2)16(14(3)9-12)10-18-17(20)15-6-5-7-19(11-15)23(4,21)22/h8-9,15H,5-7,10-11H2,1-4H3,(H,18,20). The summed E-state index contributed by atoms with van der Waals surface area (Å²) in [5.74, 6) is -0.317. The third-order valence-electron chi connectivity index (χ3n) is 4.50. The predicted octanol–water partition coefficient (Wildman–Crippen LogP) is 1.90. The first-order valence-corrected chi connectivity index (χ1v) is 9.83. The summed E-state index contributed by atoms with van der Waals surface area (Å²) in [6.07, 6.45) is 2.67. The molecule has 6 heteroatoms. The van der Waals surface area contributed by atoms with E-state index < -0.39 is 10.0 Å². The summed E-state index contributed by atoms with van der Waals surface area (Å²) in [5.41, 5.74) is 4.69. The van der Waals surface area contributed by atoms with Crippen LogP contribution >= 0.6 is 0 Å². The van der Waals surface area contributed by atoms with Crippen LogP contribution in [0.3, 0.4) is 0 Å². The van der Waals surface area contributed by atoms with Gasteiger partial charge < -0.3 is 5.32 Å². The number of nitrogens with zero attached hydrogens (tertiary/aromatic N) is 1. The van der Waals surface area contributed by atoms with Crippen LogP contribution in [-0.2, 0) is 21.4 Å². The maximum atomic E-state index is 12.4. The summed E-state index contributed by atoms with van der Waals surface area (Å²) in [6, 6.07) is 4.22. The lowest BCUT2D eigenvalue weighted by Crippen LogP contribution is -2.44. The number of benzene rings is 1. The third kappa shape index (κ3) is 4.54. The van der Waals surface area contributed by atoms with E-state index in [1.165, 1.54) is 27.3 Å². The Kier molecular flexibility index (Phi) is 5.47. The molecule has 1 unspecified atom stereocenters. The molecule has 1 aromatic carbocycles. The van der Waals surface area contributed by atoms with Gasteiger partial charge in [-0.1, -0.05) is 17.7 Å². The zero-order chi connectivity index (χ0) is 17.2. The summed E-state index contributed by atoms with van der Waals surface area (Å²) < 4.78 is 24.7. The molecule has 1 aliphatic heterocycles. The molecule has 0 aromatic heterocycles. The molecule has 128 valence electrons. The van der Waals surface area contributed by atoms with Gasteiger partial charge in [0.2, 0.25) is 15.9 Å². The van der Waals surface area contributed by atoms with Crippen molar-refractivity contribution >= 4 is 15.9 Å². The van der Waals surface area contributed by atoms with E-state index in [4.69, 9.17) is 0 Å². The molecular formula is C17H26N2O3S. The maximum Gasteiger partial charge on any atom is 0.224 e. The number of carbonyl (C=O) groups excluding carboxylic acids is 1. The molecule has 2 rings (SSSR count). The summed E-state index contributed by atoms with van der Waals surface area (Å²) in [6.45, 7) is 7.45. The second-order valence-corrected chi connectivity index (χ2v) is 8.54. The lowest BCUT2D eigenvalue weighted by molar-refractivity contribution is -0.126. The number of hydrogen-bond acceptors (Lipinski definition) is 3. The summed E-state index contributed by atoms with van der Waals surface area (Å²) in [4.78, 5) is 12.4. The molecule has 0 aliphatic carbocycles. The zero-order valence-corrected chi connectivity index (χ0v) is 15.2. The van der Waals surface area contributed by atoms with Crippen LogP contribution in [0.4, 0.5) is 0 Å². The molecule has 5 nitrogen and oxygen atoms in total. The molecule has 1 aromatic rings. The average molecular weight is 338 g/mol. The molecule has 1 fully saturated rings. The van der Waals surface area contributed by atoms with Crippen LogP contribution in [0.15, 0.2) is 12.1 Å². The fraction of sp³-hybridized carbons (Fsp3) is 0.588. The van der Waals surface area contributed by atoms with Gasteiger partial charge in [-0.05, 0) is 50.3 Å². The Balaban J connectivity index is 2.00. The Morgan fingerprint density at radius 3 is 2.43 bits per heavy atom. The van der Waals surface area contributed by atoms with Gasteiger partial charge in [-0.25, -0.2) is 12.7 Å². The van der Waals surface area contributed by atoms with Gasteiger partial charge in [0.1, 0.15) is 0 Å². The van der Waals surface area contributed by atoms with Crippen LogP contribution < -0.4 is 5.32 Å². The van der Waals surface area contributed by atoms with Gasteiger partial charge in [-0.15, -0.1) is 0 Å². The van der Waals surface area contributed by atoms with E-state index >= 15 is 0 Å². The van der Waals surface area contributed by atoms with Gasteiger partial charge in [0, 0.05) is 19.6 Å². The topological polar surface area (TPSA) is 66.5 Å². The molecule has 1 atom stereocenters. The van der Waals surface area contributed by atoms with Crippen molar-refractivity contribution in [3.05, 3.63) is 34.4 Å². The highest BCUT2D eigenvalue weighted by Crippen LogP contribution is 2.20. The highest BCUT2D eigenvalue weighted by molar-refractivity contribution is 7.88. The second kappa shape index (κ2) is 7.01. The van der Waals surface area contributed by atoms with Crippen molar-refractivity contribution in [1.82, 2.24) is 9.62 Å². The van der Waals surface area contributed by atoms with Crippen LogP contribution in [0.25, 0.3) is 0 Å². The normalized spacial score (nSPS) is 19.6. The van der Waals surface area contributed by atoms with Crippen molar-refractivity contribution in [2.45, 2.75) is 40.2 Å². The minimum Gasteiger partial charge on any atom is -0.352 e. The molecule has 0 radical (unpaired) electrons. The minimum atomic E-state index is -3.22. The molecule has 1 saturated heterocycles. The quantitative estimate of drug-likeness (QED) is 0.912. The lowest BCUT2D eigenvalue weighted by atomic mass is 9.97. The highest BCUT2D eigenvalue weighted by Gasteiger charge is 2.30. The van der Waals surface area contributed by atoms with Crippen molar-refractivity contribution in [2.24, 2.45) is 5.92 Å². The van der Waals surface area contributed by atoms with E-state index in [-0.39, 0.29) is 18.4 Å². The number of sulfonamides is 1. The Morgan fingerprint density at radius 2 is 1.87 bits per heavy atom. The molecule has 1 N–H and O–H groups in total. The van der Waals surface area contributed by atoms with E-state index in [0.717, 1.165) is 18.4 Å². The Hall–Kier alpha value is -1.40. The van der Waals surface area contributed by atoms with Gasteiger partial charge in [0.15, 0.2) is 0 Å². The molecule has 1 amide bonds. The largest absolute Gasteiger partial charge is 0.352 e. The molecule has 1 heterocycles. The van der Waals surface area contributed by atoms with E-state index in [0.29, 0.717) is 13.1 Å². The molecule has 0 bridgehead atoms. The van der Waals surface area contributed by atoms with Crippen molar-refractivity contribution in [3.63, 3.8) is 0 Å². The van der Waals surface area contributed by atoms with Crippen LogP contribution in [0, 0.1) is 26.7 Å². The van der Waals surface area contributed by atoms with Gasteiger partial charge in [-0.3, -0.25) is 4.79 Å². The van der Waals surface area contributed by atoms with Crippen LogP contribution in [-0.4, -0.2) is 38.0 Å². The van der Waals surface area contributed by atoms with Crippen LogP contribution in [0.5, 0.6) is 0 Å². The number of piperidine rings is 1. The molecule has 23 heavy (non-hydrogen) atoms. The van der Waals surface area contributed by atoms with E-state index in [1.807, 2.05) is 13.8 Å². The van der Waals surface area contributed by atoms with Gasteiger partial charge in [0.05, 0.1) is 12.2 Å². The first-order chi connectivity index (χ1) is 10.7. The second-order valence-electron chi connectivity index (χ2n) is 6.56. The first kappa shape index (κ1) is 17.9. The number of hydrogen-bond donors (Lipinski definition) is 1. The van der Waals surface area contributed by atoms with E-state index in [2.05, 4.69) is 24.4 Å². The van der Waals surface area contributed by atoms with E-state index in [1.54, 1.807) is 0 Å². The van der Waals surface area contributed by atoms with Gasteiger partial charge in [0.25, 0.3) is 0 Å². The van der Waals surface area contributed by atoms with Crippen LogP contribution in [0.1, 0.15) is 35.1 Å². The smallest absolute Gasteiger partial charge is 0.224 e. The monoisotopic (exact) mass is 338 g/mol. The van der Waals surface area contributed by atoms with Crippen LogP contribution in [0.2, 0.25) is 0 Å². The highest BCUT2D eigenvalue weighted by atomic mass is 32.2. The van der Waals surface area contributed by atoms with Gasteiger partial charge in [-0.2, -0.15) is 0 Å². The number of aryl methyl sites for hydroxylation is 3. The minimum absolute atomic E-state index is 0.0577. The average Bonchev–Trinajstić information content (AvgIpc) is 2.45. The summed E-state index contributed by atoms with van der Waals surface area (Å²) in [7, 11) is -3.22. The molecule has 0 saturated carbocycles. The number of amides is 1. The fourth-order valence-electron chi connectivity index (χ4n) is 3.27. The summed E-state index contributed by atoms with van der Waals surface area (Å²) >= 11 is 0. The zero-order valence-electron chi connectivity index (χ0n) is 14.3. The molecule has 1 aliphatic rings. The predicted molar refractivity (Wildman–Crippen MR) is 91.6 cm³/mol. The Morgan fingerprint density at radius 1 is 1.26 bits per heavy atom. The SMILES string of the molecule is Cc1cc(C)c(CNC(=O)C2CCCN(S(C)(=O)=O)C2)c(C)c1. The number of nitrogens with one attached hydrogen (secondary N) is 1. The van der Waals surface area contributed by atoms with Crippen molar-refractivity contribution in [1.29, 1.82) is 0 Å². The molecule has 0 spiro atoms. The maximum absolute atomic E-state index is 12.4. The third-order valence-corrected chi connectivity index (χ3v) is 5.77. The van der Waals surface area contributed by atoms with Crippen molar-refractivity contribution in [3.8, 4) is 0 Å². The van der Waals surface area contributed by atoms with Gasteiger partial charge >= 0.3 is 0 Å². The number of rotatable bonds is 4. The first-order valence-electron chi connectivity index (χ1n) is 7.98. The Bertz CT molecular complexity index is 675.